The van der Waals surface area contributed by atoms with Crippen molar-refractivity contribution in [3.63, 3.8) is 0 Å². The average molecular weight is 718 g/mol. The summed E-state index contributed by atoms with van der Waals surface area (Å²) in [5.41, 5.74) is 18.9. The normalized spacial score (nSPS) is 12.8. The molecule has 10 rings (SSSR count). The maximum absolute atomic E-state index is 2.41. The van der Waals surface area contributed by atoms with Gasteiger partial charge < -0.3 is 4.90 Å². The Morgan fingerprint density at radius 1 is 0.375 bits per heavy atom. The van der Waals surface area contributed by atoms with Crippen LogP contribution in [0.2, 0.25) is 0 Å². The van der Waals surface area contributed by atoms with E-state index in [4.69, 9.17) is 0 Å². The first-order chi connectivity index (χ1) is 27.3. The Morgan fingerprint density at radius 2 is 0.911 bits per heavy atom. The number of hydrogen-bond donors (Lipinski definition) is 0. The van der Waals surface area contributed by atoms with E-state index in [-0.39, 0.29) is 5.41 Å². The first kappa shape index (κ1) is 33.8. The largest absolute Gasteiger partial charge is 0.310 e. The summed E-state index contributed by atoms with van der Waals surface area (Å²) in [5, 5.41) is 5.01. The summed E-state index contributed by atoms with van der Waals surface area (Å²) in [5.74, 6) is 0. The van der Waals surface area contributed by atoms with Gasteiger partial charge in [-0.3, -0.25) is 0 Å². The first-order valence-corrected chi connectivity index (χ1v) is 19.7. The van der Waals surface area contributed by atoms with Crippen molar-refractivity contribution in [1.29, 1.82) is 0 Å². The van der Waals surface area contributed by atoms with Crippen LogP contribution in [0.4, 0.5) is 17.1 Å². The molecule has 56 heavy (non-hydrogen) atoms. The molecule has 0 saturated heterocycles. The van der Waals surface area contributed by atoms with Gasteiger partial charge in [-0.25, -0.2) is 0 Å². The van der Waals surface area contributed by atoms with Crippen molar-refractivity contribution in [1.82, 2.24) is 0 Å². The van der Waals surface area contributed by atoms with Gasteiger partial charge in [0.05, 0.1) is 5.69 Å². The molecule has 268 valence electrons. The lowest BCUT2D eigenvalue weighted by molar-refractivity contribution is 0.660. The number of aryl methyl sites for hydroxylation is 2. The lowest BCUT2D eigenvalue weighted by Crippen LogP contribution is -2.14. The third-order valence-electron chi connectivity index (χ3n) is 12.2. The molecule has 0 fully saturated rings. The van der Waals surface area contributed by atoms with Gasteiger partial charge in [0.1, 0.15) is 0 Å². The van der Waals surface area contributed by atoms with Gasteiger partial charge in [0.25, 0.3) is 0 Å². The van der Waals surface area contributed by atoms with Crippen LogP contribution in [0, 0.1) is 13.8 Å². The first-order valence-electron chi connectivity index (χ1n) is 19.7. The summed E-state index contributed by atoms with van der Waals surface area (Å²) < 4.78 is 0. The summed E-state index contributed by atoms with van der Waals surface area (Å²) in [6.07, 6.45) is 0. The summed E-state index contributed by atoms with van der Waals surface area (Å²) in [4.78, 5) is 2.40. The van der Waals surface area contributed by atoms with Gasteiger partial charge in [-0.15, -0.1) is 0 Å². The molecule has 1 aliphatic carbocycles. The summed E-state index contributed by atoms with van der Waals surface area (Å²) in [6.45, 7) is 9.15. The molecule has 0 atom stereocenters. The lowest BCUT2D eigenvalue weighted by atomic mass is 9.81. The van der Waals surface area contributed by atoms with Crippen molar-refractivity contribution >= 4 is 38.6 Å². The SMILES string of the molecule is Cc1ccc(-c2ccc(N(c3ccc(-c4ccc5c(c4)C(C)(C)c4ccccc4-5)cc3)c3cccc4ccccc34)cc2)cc1-c1c(C)ccc2ccccc12. The number of benzene rings is 9. The van der Waals surface area contributed by atoms with E-state index in [1.54, 1.807) is 0 Å². The minimum absolute atomic E-state index is 0.0335. The van der Waals surface area contributed by atoms with E-state index in [0.29, 0.717) is 0 Å². The van der Waals surface area contributed by atoms with Crippen LogP contribution in [0.25, 0.3) is 66.1 Å². The molecule has 1 heteroatoms. The predicted octanol–water partition coefficient (Wildman–Crippen LogP) is 15.4. The standard InChI is InChI=1S/C55H43N/c1-36-20-23-42(34-50(36)54-37(2)21-22-41-13-6-8-16-47(41)54)38-24-29-44(30-25-38)56(53-19-11-14-40-12-5-7-15-46(40)53)45-31-26-39(27-32-45)43-28-33-49-48-17-9-10-18-51(48)55(3,4)52(49)35-43/h5-35H,1-4H3. The van der Waals surface area contributed by atoms with E-state index < -0.39 is 0 Å². The quantitative estimate of drug-likeness (QED) is 0.166. The molecule has 0 aliphatic heterocycles. The molecule has 0 bridgehead atoms. The molecule has 0 amide bonds. The minimum Gasteiger partial charge on any atom is -0.310 e. The maximum Gasteiger partial charge on any atom is 0.0540 e. The van der Waals surface area contributed by atoms with Crippen molar-refractivity contribution in [2.24, 2.45) is 0 Å². The van der Waals surface area contributed by atoms with Crippen LogP contribution in [0.5, 0.6) is 0 Å². The molecule has 9 aromatic rings. The van der Waals surface area contributed by atoms with E-state index in [1.807, 2.05) is 0 Å². The van der Waals surface area contributed by atoms with Crippen LogP contribution in [-0.4, -0.2) is 0 Å². The van der Waals surface area contributed by atoms with Crippen LogP contribution < -0.4 is 4.90 Å². The Labute approximate surface area is 330 Å². The Morgan fingerprint density at radius 3 is 1.64 bits per heavy atom. The Balaban J connectivity index is 1.04. The monoisotopic (exact) mass is 717 g/mol. The smallest absolute Gasteiger partial charge is 0.0540 e. The van der Waals surface area contributed by atoms with E-state index in [9.17, 15) is 0 Å². The maximum atomic E-state index is 2.41. The zero-order valence-electron chi connectivity index (χ0n) is 32.3. The van der Waals surface area contributed by atoms with Gasteiger partial charge in [0.2, 0.25) is 0 Å². The third-order valence-corrected chi connectivity index (χ3v) is 12.2. The molecule has 0 saturated carbocycles. The van der Waals surface area contributed by atoms with E-state index in [1.165, 1.54) is 88.3 Å². The molecular formula is C55H43N. The van der Waals surface area contributed by atoms with Crippen molar-refractivity contribution in [3.8, 4) is 44.5 Å². The van der Waals surface area contributed by atoms with Crippen LogP contribution >= 0.6 is 0 Å². The highest BCUT2D eigenvalue weighted by atomic mass is 15.1. The zero-order valence-corrected chi connectivity index (χ0v) is 32.3. The summed E-state index contributed by atoms with van der Waals surface area (Å²) in [6, 6.07) is 69.4. The molecule has 0 N–H and O–H groups in total. The highest BCUT2D eigenvalue weighted by Crippen LogP contribution is 2.50. The number of nitrogens with zero attached hydrogens (tertiary/aromatic N) is 1. The highest BCUT2D eigenvalue weighted by Gasteiger charge is 2.35. The Kier molecular flexibility index (Phi) is 8.01. The Bertz CT molecular complexity index is 2940. The number of rotatable bonds is 6. The van der Waals surface area contributed by atoms with Crippen molar-refractivity contribution in [2.75, 3.05) is 4.90 Å². The molecule has 0 spiro atoms. The fourth-order valence-electron chi connectivity index (χ4n) is 9.13. The van der Waals surface area contributed by atoms with Crippen LogP contribution in [0.1, 0.15) is 36.1 Å². The van der Waals surface area contributed by atoms with E-state index in [2.05, 4.69) is 221 Å². The zero-order chi connectivity index (χ0) is 38.0. The van der Waals surface area contributed by atoms with Crippen molar-refractivity contribution in [2.45, 2.75) is 33.1 Å². The second-order valence-electron chi connectivity index (χ2n) is 15.9. The topological polar surface area (TPSA) is 3.24 Å². The number of hydrogen-bond acceptors (Lipinski definition) is 1. The molecule has 0 unspecified atom stereocenters. The summed E-state index contributed by atoms with van der Waals surface area (Å²) >= 11 is 0. The molecule has 9 aromatic carbocycles. The van der Waals surface area contributed by atoms with Gasteiger partial charge in [-0.2, -0.15) is 0 Å². The fourth-order valence-corrected chi connectivity index (χ4v) is 9.13. The highest BCUT2D eigenvalue weighted by molar-refractivity contribution is 6.01. The van der Waals surface area contributed by atoms with E-state index in [0.717, 1.165) is 17.1 Å². The number of fused-ring (bicyclic) bond motifs is 5. The number of anilines is 3. The molecule has 0 heterocycles. The second-order valence-corrected chi connectivity index (χ2v) is 15.9. The van der Waals surface area contributed by atoms with Gasteiger partial charge in [-0.05, 0) is 139 Å². The minimum atomic E-state index is -0.0335. The van der Waals surface area contributed by atoms with Crippen molar-refractivity contribution in [3.05, 3.63) is 210 Å². The van der Waals surface area contributed by atoms with E-state index >= 15 is 0 Å². The van der Waals surface area contributed by atoms with Gasteiger partial charge in [0, 0.05) is 22.2 Å². The van der Waals surface area contributed by atoms with Crippen LogP contribution in [-0.2, 0) is 5.41 Å². The molecule has 0 aromatic heterocycles. The average Bonchev–Trinajstić information content (AvgIpc) is 3.47. The summed E-state index contributed by atoms with van der Waals surface area (Å²) in [7, 11) is 0. The van der Waals surface area contributed by atoms with Gasteiger partial charge >= 0.3 is 0 Å². The van der Waals surface area contributed by atoms with Crippen LogP contribution in [0.15, 0.2) is 188 Å². The molecule has 1 aliphatic rings. The van der Waals surface area contributed by atoms with Gasteiger partial charge in [0.15, 0.2) is 0 Å². The van der Waals surface area contributed by atoms with Crippen LogP contribution in [0.3, 0.4) is 0 Å². The molecular weight excluding hydrogens is 675 g/mol. The molecule has 0 radical (unpaired) electrons. The lowest BCUT2D eigenvalue weighted by Gasteiger charge is -2.27. The predicted molar refractivity (Wildman–Crippen MR) is 239 cm³/mol. The third kappa shape index (κ3) is 5.54. The Hall–Kier alpha value is -6.70. The molecule has 1 nitrogen and oxygen atoms in total. The second kappa shape index (κ2) is 13.3. The fraction of sp³-hybridized carbons (Fsp3) is 0.0909. The van der Waals surface area contributed by atoms with Gasteiger partial charge in [-0.1, -0.05) is 159 Å². The van der Waals surface area contributed by atoms with Crippen molar-refractivity contribution < 1.29 is 0 Å².